The number of para-hydroxylation sites is 2. The van der Waals surface area contributed by atoms with Crippen LogP contribution in [0.1, 0.15) is 6.92 Å². The van der Waals surface area contributed by atoms with Crippen molar-refractivity contribution in [1.29, 1.82) is 0 Å². The molecule has 0 radical (unpaired) electrons. The third kappa shape index (κ3) is 3.27. The molecule has 2 rings (SSSR count). The molecular weight excluding hydrogens is 250 g/mol. The molecule has 1 aromatic carbocycles. The number of anilines is 1. The normalized spacial score (nSPS) is 16.5. The number of amides is 1. The zero-order valence-corrected chi connectivity index (χ0v) is 10.5. The number of benzene rings is 1. The number of nitro groups is 1. The highest BCUT2D eigenvalue weighted by molar-refractivity contribution is 5.93. The van der Waals surface area contributed by atoms with E-state index < -0.39 is 10.8 Å². The number of carbonyl (C=O) groups is 1. The average molecular weight is 265 g/mol. The molecule has 1 heterocycles. The standard InChI is InChI=1S/C12H15N3O4/c1-12(7-13-8-12)19-6-11(16)14-9-4-2-3-5-10(9)15(17)18/h2-5,13H,6-8H2,1H3,(H,14,16). The van der Waals surface area contributed by atoms with Crippen LogP contribution in [0.5, 0.6) is 0 Å². The monoisotopic (exact) mass is 265 g/mol. The van der Waals surface area contributed by atoms with Crippen LogP contribution in [0.15, 0.2) is 24.3 Å². The fraction of sp³-hybridized carbons (Fsp3) is 0.417. The number of hydrogen-bond acceptors (Lipinski definition) is 5. The molecule has 0 unspecified atom stereocenters. The molecular formula is C12H15N3O4. The van der Waals surface area contributed by atoms with Crippen LogP contribution in [0.4, 0.5) is 11.4 Å². The first-order chi connectivity index (χ1) is 9.00. The molecule has 0 saturated carbocycles. The predicted molar refractivity (Wildman–Crippen MR) is 69.0 cm³/mol. The number of carbonyl (C=O) groups excluding carboxylic acids is 1. The third-order valence-corrected chi connectivity index (χ3v) is 2.92. The van der Waals surface area contributed by atoms with Gasteiger partial charge in [-0.15, -0.1) is 0 Å². The quantitative estimate of drug-likeness (QED) is 0.609. The van der Waals surface area contributed by atoms with Crippen molar-refractivity contribution in [2.75, 3.05) is 25.0 Å². The van der Waals surface area contributed by atoms with Crippen molar-refractivity contribution in [2.45, 2.75) is 12.5 Å². The van der Waals surface area contributed by atoms with Crippen molar-refractivity contribution in [2.24, 2.45) is 0 Å². The summed E-state index contributed by atoms with van der Waals surface area (Å²) in [4.78, 5) is 22.0. The molecule has 1 aliphatic rings. The Bertz CT molecular complexity index is 500. The van der Waals surface area contributed by atoms with Crippen molar-refractivity contribution in [3.63, 3.8) is 0 Å². The Labute approximate surface area is 110 Å². The van der Waals surface area contributed by atoms with Gasteiger partial charge < -0.3 is 15.4 Å². The van der Waals surface area contributed by atoms with E-state index in [0.717, 1.165) is 0 Å². The second-order valence-electron chi connectivity index (χ2n) is 4.66. The van der Waals surface area contributed by atoms with Gasteiger partial charge in [0.2, 0.25) is 0 Å². The molecule has 0 atom stereocenters. The van der Waals surface area contributed by atoms with Crippen LogP contribution in [0.3, 0.4) is 0 Å². The fourth-order valence-electron chi connectivity index (χ4n) is 1.74. The molecule has 1 fully saturated rings. The molecule has 102 valence electrons. The summed E-state index contributed by atoms with van der Waals surface area (Å²) in [6, 6.07) is 6.00. The highest BCUT2D eigenvalue weighted by Crippen LogP contribution is 2.23. The molecule has 1 amide bonds. The summed E-state index contributed by atoms with van der Waals surface area (Å²) >= 11 is 0. The van der Waals surface area contributed by atoms with Crippen molar-refractivity contribution in [1.82, 2.24) is 5.32 Å². The first kappa shape index (κ1) is 13.4. The lowest BCUT2D eigenvalue weighted by molar-refractivity contribution is -0.383. The molecule has 1 aliphatic heterocycles. The van der Waals surface area contributed by atoms with Crippen LogP contribution >= 0.6 is 0 Å². The summed E-state index contributed by atoms with van der Waals surface area (Å²) in [6.07, 6.45) is 0. The van der Waals surface area contributed by atoms with Gasteiger partial charge in [0.05, 0.1) is 10.5 Å². The predicted octanol–water partition coefficient (Wildman–Crippen LogP) is 0.912. The van der Waals surface area contributed by atoms with Gasteiger partial charge in [-0.05, 0) is 13.0 Å². The maximum atomic E-state index is 11.7. The minimum atomic E-state index is -0.534. The molecule has 2 N–H and O–H groups in total. The minimum absolute atomic E-state index is 0.121. The van der Waals surface area contributed by atoms with Crippen LogP contribution in [0.2, 0.25) is 0 Å². The van der Waals surface area contributed by atoms with Gasteiger partial charge in [0.25, 0.3) is 11.6 Å². The number of nitro benzene ring substituents is 1. The Kier molecular flexibility index (Phi) is 3.77. The van der Waals surface area contributed by atoms with Gasteiger partial charge in [0.15, 0.2) is 0 Å². The fourth-order valence-corrected chi connectivity index (χ4v) is 1.74. The molecule has 1 aromatic rings. The van der Waals surface area contributed by atoms with E-state index in [-0.39, 0.29) is 23.6 Å². The van der Waals surface area contributed by atoms with E-state index in [9.17, 15) is 14.9 Å². The molecule has 0 spiro atoms. The van der Waals surface area contributed by atoms with E-state index in [1.807, 2.05) is 6.92 Å². The number of nitrogens with one attached hydrogen (secondary N) is 2. The average Bonchev–Trinajstić information content (AvgIpc) is 2.34. The second kappa shape index (κ2) is 5.33. The minimum Gasteiger partial charge on any atom is -0.363 e. The van der Waals surface area contributed by atoms with Crippen molar-refractivity contribution in [3.8, 4) is 0 Å². The highest BCUT2D eigenvalue weighted by Gasteiger charge is 2.33. The Morgan fingerprint density at radius 3 is 2.79 bits per heavy atom. The van der Waals surface area contributed by atoms with E-state index in [2.05, 4.69) is 10.6 Å². The lowest BCUT2D eigenvalue weighted by Crippen LogP contribution is -2.59. The summed E-state index contributed by atoms with van der Waals surface area (Å²) in [5.41, 5.74) is -0.273. The summed E-state index contributed by atoms with van der Waals surface area (Å²) in [7, 11) is 0. The van der Waals surface area contributed by atoms with Crippen LogP contribution in [0.25, 0.3) is 0 Å². The van der Waals surface area contributed by atoms with Gasteiger partial charge >= 0.3 is 0 Å². The van der Waals surface area contributed by atoms with E-state index in [4.69, 9.17) is 4.74 Å². The Morgan fingerprint density at radius 1 is 1.53 bits per heavy atom. The van der Waals surface area contributed by atoms with Gasteiger partial charge in [-0.2, -0.15) is 0 Å². The van der Waals surface area contributed by atoms with Gasteiger partial charge in [-0.1, -0.05) is 12.1 Å². The number of nitrogens with zero attached hydrogens (tertiary/aromatic N) is 1. The van der Waals surface area contributed by atoms with E-state index >= 15 is 0 Å². The summed E-state index contributed by atoms with van der Waals surface area (Å²) in [5.74, 6) is -0.401. The molecule has 1 saturated heterocycles. The van der Waals surface area contributed by atoms with Crippen LogP contribution < -0.4 is 10.6 Å². The van der Waals surface area contributed by atoms with Crippen LogP contribution in [-0.2, 0) is 9.53 Å². The van der Waals surface area contributed by atoms with Crippen molar-refractivity contribution >= 4 is 17.3 Å². The first-order valence-corrected chi connectivity index (χ1v) is 5.88. The van der Waals surface area contributed by atoms with Gasteiger partial charge in [-0.25, -0.2) is 0 Å². The molecule has 0 aliphatic carbocycles. The highest BCUT2D eigenvalue weighted by atomic mass is 16.6. The summed E-state index contributed by atoms with van der Waals surface area (Å²) in [6.45, 7) is 3.18. The Hall–Kier alpha value is -1.99. The number of ether oxygens (including phenoxy) is 1. The van der Waals surface area contributed by atoms with Gasteiger partial charge in [0, 0.05) is 19.2 Å². The van der Waals surface area contributed by atoms with Gasteiger partial charge in [-0.3, -0.25) is 14.9 Å². The first-order valence-electron chi connectivity index (χ1n) is 5.88. The molecule has 7 heteroatoms. The Morgan fingerprint density at radius 2 is 2.21 bits per heavy atom. The second-order valence-corrected chi connectivity index (χ2v) is 4.66. The van der Waals surface area contributed by atoms with Crippen LogP contribution in [-0.4, -0.2) is 36.1 Å². The van der Waals surface area contributed by atoms with E-state index in [1.54, 1.807) is 12.1 Å². The zero-order valence-electron chi connectivity index (χ0n) is 10.5. The molecule has 7 nitrogen and oxygen atoms in total. The molecule has 19 heavy (non-hydrogen) atoms. The molecule has 0 aromatic heterocycles. The summed E-state index contributed by atoms with van der Waals surface area (Å²) in [5, 5.41) is 16.3. The molecule has 0 bridgehead atoms. The lowest BCUT2D eigenvalue weighted by Gasteiger charge is -2.38. The Balaban J connectivity index is 1.93. The van der Waals surface area contributed by atoms with E-state index in [0.29, 0.717) is 13.1 Å². The van der Waals surface area contributed by atoms with Crippen LogP contribution in [0, 0.1) is 10.1 Å². The largest absolute Gasteiger partial charge is 0.363 e. The summed E-state index contributed by atoms with van der Waals surface area (Å²) < 4.78 is 5.46. The van der Waals surface area contributed by atoms with Crippen molar-refractivity contribution < 1.29 is 14.5 Å². The SMILES string of the molecule is CC1(OCC(=O)Nc2ccccc2[N+](=O)[O-])CNC1. The zero-order chi connectivity index (χ0) is 13.9. The maximum Gasteiger partial charge on any atom is 0.292 e. The van der Waals surface area contributed by atoms with E-state index in [1.165, 1.54) is 12.1 Å². The lowest BCUT2D eigenvalue weighted by atomic mass is 10.0. The van der Waals surface area contributed by atoms with Crippen molar-refractivity contribution in [3.05, 3.63) is 34.4 Å². The maximum absolute atomic E-state index is 11.7. The third-order valence-electron chi connectivity index (χ3n) is 2.92. The number of rotatable bonds is 5. The smallest absolute Gasteiger partial charge is 0.292 e. The topological polar surface area (TPSA) is 93.5 Å². The van der Waals surface area contributed by atoms with Gasteiger partial charge in [0.1, 0.15) is 12.3 Å². The number of hydrogen-bond donors (Lipinski definition) is 2.